The zero-order valence-electron chi connectivity index (χ0n) is 16.5. The number of hydrogen-bond acceptors (Lipinski definition) is 5. The number of benzene rings is 1. The van der Waals surface area contributed by atoms with Crippen molar-refractivity contribution >= 4 is 17.3 Å². The van der Waals surface area contributed by atoms with Gasteiger partial charge >= 0.3 is 0 Å². The van der Waals surface area contributed by atoms with Crippen LogP contribution in [0.5, 0.6) is 11.5 Å². The van der Waals surface area contributed by atoms with E-state index in [0.717, 1.165) is 35.6 Å². The molecule has 1 aliphatic heterocycles. The number of hydrogen-bond donors (Lipinski definition) is 2. The fraction of sp³-hybridized carbons (Fsp3) is 0.500. The van der Waals surface area contributed by atoms with Crippen LogP contribution >= 0.6 is 11.3 Å². The molecule has 0 spiro atoms. The molecule has 0 unspecified atom stereocenters. The quantitative estimate of drug-likeness (QED) is 0.587. The molecule has 0 saturated carbocycles. The Morgan fingerprint density at radius 3 is 2.70 bits per heavy atom. The van der Waals surface area contributed by atoms with E-state index in [2.05, 4.69) is 60.4 Å². The van der Waals surface area contributed by atoms with E-state index in [9.17, 15) is 0 Å². The van der Waals surface area contributed by atoms with Gasteiger partial charge in [-0.25, -0.2) is 9.98 Å². The van der Waals surface area contributed by atoms with Crippen molar-refractivity contribution in [3.05, 3.63) is 39.8 Å². The lowest BCUT2D eigenvalue weighted by Gasteiger charge is -2.28. The number of rotatable bonds is 6. The van der Waals surface area contributed by atoms with Gasteiger partial charge in [0.05, 0.1) is 6.54 Å². The van der Waals surface area contributed by atoms with Gasteiger partial charge in [-0.1, -0.05) is 19.9 Å². The van der Waals surface area contributed by atoms with Gasteiger partial charge in [-0.3, -0.25) is 0 Å². The smallest absolute Gasteiger partial charge is 0.191 e. The molecule has 3 rings (SSSR count). The Hall–Kier alpha value is -2.28. The standard InChI is InChI=1S/C20H28N4O2S/c1-5-21-19(23-12-18-22-11-14(2)27-18)24-13-20(3,4)15-6-7-16-17(10-15)26-9-8-25-16/h6-7,10-11H,5,8-9,12-13H2,1-4H3,(H2,21,23,24). The van der Waals surface area contributed by atoms with E-state index in [1.807, 2.05) is 12.3 Å². The van der Waals surface area contributed by atoms with Crippen molar-refractivity contribution in [2.24, 2.45) is 4.99 Å². The summed E-state index contributed by atoms with van der Waals surface area (Å²) < 4.78 is 11.3. The van der Waals surface area contributed by atoms with Gasteiger partial charge < -0.3 is 20.1 Å². The van der Waals surface area contributed by atoms with Crippen molar-refractivity contribution in [2.45, 2.75) is 39.7 Å². The summed E-state index contributed by atoms with van der Waals surface area (Å²) in [6.07, 6.45) is 1.89. The van der Waals surface area contributed by atoms with E-state index >= 15 is 0 Å². The number of aryl methyl sites for hydroxylation is 1. The van der Waals surface area contributed by atoms with Gasteiger partial charge in [0.2, 0.25) is 0 Å². The van der Waals surface area contributed by atoms with Crippen LogP contribution in [0.2, 0.25) is 0 Å². The molecule has 146 valence electrons. The highest BCUT2D eigenvalue weighted by Gasteiger charge is 2.23. The highest BCUT2D eigenvalue weighted by Crippen LogP contribution is 2.34. The largest absolute Gasteiger partial charge is 0.486 e. The van der Waals surface area contributed by atoms with E-state index in [-0.39, 0.29) is 5.41 Å². The summed E-state index contributed by atoms with van der Waals surface area (Å²) in [6, 6.07) is 6.19. The average Bonchev–Trinajstić information content (AvgIpc) is 3.09. The van der Waals surface area contributed by atoms with Gasteiger partial charge in [0.1, 0.15) is 18.2 Å². The van der Waals surface area contributed by atoms with E-state index in [1.165, 1.54) is 10.4 Å². The Labute approximate surface area is 165 Å². The average molecular weight is 389 g/mol. The second-order valence-electron chi connectivity index (χ2n) is 7.16. The molecular weight excluding hydrogens is 360 g/mol. The predicted molar refractivity (Wildman–Crippen MR) is 110 cm³/mol. The van der Waals surface area contributed by atoms with Crippen molar-refractivity contribution in [3.8, 4) is 11.5 Å². The highest BCUT2D eigenvalue weighted by atomic mass is 32.1. The Bertz CT molecular complexity index is 801. The third-order valence-electron chi connectivity index (χ3n) is 4.41. The number of fused-ring (bicyclic) bond motifs is 1. The minimum atomic E-state index is -0.0935. The zero-order chi connectivity index (χ0) is 19.3. The maximum Gasteiger partial charge on any atom is 0.191 e. The van der Waals surface area contributed by atoms with Crippen molar-refractivity contribution in [1.29, 1.82) is 0 Å². The molecule has 7 heteroatoms. The molecule has 0 atom stereocenters. The molecular formula is C20H28N4O2S. The summed E-state index contributed by atoms with van der Waals surface area (Å²) in [4.78, 5) is 10.2. The molecule has 0 fully saturated rings. The van der Waals surface area contributed by atoms with Gasteiger partial charge in [0.25, 0.3) is 0 Å². The molecule has 1 aliphatic rings. The van der Waals surface area contributed by atoms with Gasteiger partial charge in [0, 0.05) is 29.6 Å². The molecule has 0 bridgehead atoms. The number of guanidine groups is 1. The molecule has 0 radical (unpaired) electrons. The van der Waals surface area contributed by atoms with Crippen molar-refractivity contribution in [3.63, 3.8) is 0 Å². The normalized spacial score (nSPS) is 14.1. The number of thiazole rings is 1. The first kappa shape index (κ1) is 19.5. The number of aliphatic imine (C=N–C) groups is 1. The maximum atomic E-state index is 5.73. The molecule has 2 aromatic rings. The van der Waals surface area contributed by atoms with Gasteiger partial charge in [-0.2, -0.15) is 0 Å². The third-order valence-corrected chi connectivity index (χ3v) is 5.30. The molecule has 27 heavy (non-hydrogen) atoms. The second kappa shape index (κ2) is 8.61. The molecule has 0 saturated heterocycles. The van der Waals surface area contributed by atoms with Gasteiger partial charge in [-0.15, -0.1) is 11.3 Å². The molecule has 1 aromatic carbocycles. The van der Waals surface area contributed by atoms with Crippen LogP contribution in [0.3, 0.4) is 0 Å². The Balaban J connectivity index is 1.66. The minimum Gasteiger partial charge on any atom is -0.486 e. The van der Waals surface area contributed by atoms with Gasteiger partial charge in [0.15, 0.2) is 17.5 Å². The Morgan fingerprint density at radius 1 is 1.22 bits per heavy atom. The van der Waals surface area contributed by atoms with Crippen molar-refractivity contribution in [1.82, 2.24) is 15.6 Å². The summed E-state index contributed by atoms with van der Waals surface area (Å²) >= 11 is 1.68. The number of ether oxygens (including phenoxy) is 2. The monoisotopic (exact) mass is 388 g/mol. The number of aromatic nitrogens is 1. The van der Waals surface area contributed by atoms with Crippen LogP contribution in [0.15, 0.2) is 29.4 Å². The van der Waals surface area contributed by atoms with Gasteiger partial charge in [-0.05, 0) is 31.5 Å². The summed E-state index contributed by atoms with van der Waals surface area (Å²) in [6.45, 7) is 11.9. The first-order chi connectivity index (χ1) is 13.0. The Kier molecular flexibility index (Phi) is 6.21. The zero-order valence-corrected chi connectivity index (χ0v) is 17.3. The van der Waals surface area contributed by atoms with Crippen LogP contribution in [0.1, 0.15) is 36.2 Å². The minimum absolute atomic E-state index is 0.0935. The fourth-order valence-corrected chi connectivity index (χ4v) is 3.55. The van der Waals surface area contributed by atoms with Crippen LogP contribution in [0, 0.1) is 6.92 Å². The van der Waals surface area contributed by atoms with Crippen LogP contribution < -0.4 is 20.1 Å². The summed E-state index contributed by atoms with van der Waals surface area (Å²) in [5, 5.41) is 7.79. The van der Waals surface area contributed by atoms with Crippen LogP contribution in [-0.2, 0) is 12.0 Å². The molecule has 2 heterocycles. The molecule has 0 amide bonds. The molecule has 6 nitrogen and oxygen atoms in total. The fourth-order valence-electron chi connectivity index (χ4n) is 2.83. The van der Waals surface area contributed by atoms with E-state index in [0.29, 0.717) is 19.8 Å². The van der Waals surface area contributed by atoms with Crippen LogP contribution in [-0.4, -0.2) is 37.2 Å². The predicted octanol–water partition coefficient (Wildman–Crippen LogP) is 3.26. The summed E-state index contributed by atoms with van der Waals surface area (Å²) in [7, 11) is 0. The summed E-state index contributed by atoms with van der Waals surface area (Å²) in [5.41, 5.74) is 1.11. The first-order valence-corrected chi connectivity index (χ1v) is 10.1. The second-order valence-corrected chi connectivity index (χ2v) is 8.48. The van der Waals surface area contributed by atoms with E-state index in [1.54, 1.807) is 11.3 Å². The van der Waals surface area contributed by atoms with Crippen LogP contribution in [0.4, 0.5) is 0 Å². The highest BCUT2D eigenvalue weighted by molar-refractivity contribution is 7.11. The third kappa shape index (κ3) is 5.13. The number of nitrogens with zero attached hydrogens (tertiary/aromatic N) is 2. The maximum absolute atomic E-state index is 5.73. The lowest BCUT2D eigenvalue weighted by molar-refractivity contribution is 0.171. The lowest BCUT2D eigenvalue weighted by Crippen LogP contribution is -2.43. The van der Waals surface area contributed by atoms with Crippen molar-refractivity contribution < 1.29 is 9.47 Å². The van der Waals surface area contributed by atoms with E-state index < -0.39 is 0 Å². The Morgan fingerprint density at radius 2 is 2.00 bits per heavy atom. The number of nitrogens with one attached hydrogen (secondary N) is 2. The topological polar surface area (TPSA) is 67.8 Å². The molecule has 2 N–H and O–H groups in total. The first-order valence-electron chi connectivity index (χ1n) is 9.31. The van der Waals surface area contributed by atoms with E-state index in [4.69, 9.17) is 9.47 Å². The van der Waals surface area contributed by atoms with Crippen LogP contribution in [0.25, 0.3) is 0 Å². The lowest BCUT2D eigenvalue weighted by atomic mass is 9.84. The SMILES string of the molecule is CCNC(=NCc1ncc(C)s1)NCC(C)(C)c1ccc2c(c1)OCCO2. The van der Waals surface area contributed by atoms with Crippen molar-refractivity contribution in [2.75, 3.05) is 26.3 Å². The molecule has 1 aromatic heterocycles. The molecule has 0 aliphatic carbocycles. The summed E-state index contributed by atoms with van der Waals surface area (Å²) in [5.74, 6) is 2.45.